The van der Waals surface area contributed by atoms with Crippen molar-refractivity contribution >= 4 is 45.0 Å². The first-order valence-electron chi connectivity index (χ1n) is 13.5. The second-order valence-electron chi connectivity index (χ2n) is 10.6. The fourth-order valence-electron chi connectivity index (χ4n) is 6.66. The van der Waals surface area contributed by atoms with Crippen molar-refractivity contribution in [3.05, 3.63) is 90.5 Å². The number of amides is 3. The van der Waals surface area contributed by atoms with Crippen molar-refractivity contribution in [2.24, 2.45) is 11.8 Å². The lowest BCUT2D eigenvalue weighted by atomic mass is 9.70. The predicted molar refractivity (Wildman–Crippen MR) is 156 cm³/mol. The number of nitrogens with one attached hydrogen (secondary N) is 2. The Morgan fingerprint density at radius 1 is 1.00 bits per heavy atom. The number of anilines is 2. The van der Waals surface area contributed by atoms with Gasteiger partial charge in [0.05, 0.1) is 37.7 Å². The summed E-state index contributed by atoms with van der Waals surface area (Å²) in [5.74, 6) is -2.30. The molecule has 3 aliphatic heterocycles. The number of carbonyl (C=O) groups excluding carboxylic acids is 3. The van der Waals surface area contributed by atoms with Crippen LogP contribution in [-0.2, 0) is 19.1 Å². The van der Waals surface area contributed by atoms with Crippen LogP contribution in [0.1, 0.15) is 18.0 Å². The molecule has 0 aliphatic carbocycles. The average molecular weight is 621 g/mol. The Labute approximate surface area is 246 Å². The van der Waals surface area contributed by atoms with Crippen molar-refractivity contribution in [3.63, 3.8) is 0 Å². The number of benzene rings is 3. The number of methoxy groups -OCH3 is 1. The molecular formula is C31H30BrN3O6. The molecule has 7 atom stereocenters. The lowest BCUT2D eigenvalue weighted by molar-refractivity contribution is -0.143. The first-order valence-corrected chi connectivity index (χ1v) is 14.4. The van der Waals surface area contributed by atoms with Crippen LogP contribution in [0, 0.1) is 11.8 Å². The summed E-state index contributed by atoms with van der Waals surface area (Å²) in [6.45, 7) is -0.410. The summed E-state index contributed by atoms with van der Waals surface area (Å²) in [4.78, 5) is 43.5. The minimum atomic E-state index is -1.27. The fraction of sp³-hybridized carbons (Fsp3) is 0.323. The number of para-hydroxylation sites is 1. The molecule has 3 heterocycles. The van der Waals surface area contributed by atoms with Gasteiger partial charge in [-0.05, 0) is 48.4 Å². The largest absolute Gasteiger partial charge is 0.497 e. The molecule has 0 radical (unpaired) electrons. The van der Waals surface area contributed by atoms with E-state index in [1.165, 1.54) is 4.90 Å². The number of ether oxygens (including phenoxy) is 2. The number of likely N-dealkylation sites (tertiary alicyclic amines) is 1. The van der Waals surface area contributed by atoms with E-state index in [1.54, 1.807) is 43.5 Å². The first-order chi connectivity index (χ1) is 19.9. The van der Waals surface area contributed by atoms with Gasteiger partial charge in [0.2, 0.25) is 17.7 Å². The summed E-state index contributed by atoms with van der Waals surface area (Å²) >= 11 is 3.69. The highest BCUT2D eigenvalue weighted by Gasteiger charge is 2.77. The van der Waals surface area contributed by atoms with Crippen LogP contribution < -0.4 is 15.4 Å². The number of carbonyl (C=O) groups is 3. The smallest absolute Gasteiger partial charge is 0.250 e. The van der Waals surface area contributed by atoms with Crippen LogP contribution in [0.5, 0.6) is 5.75 Å². The van der Waals surface area contributed by atoms with Gasteiger partial charge in [0, 0.05) is 16.2 Å². The van der Waals surface area contributed by atoms with Gasteiger partial charge in [-0.15, -0.1) is 0 Å². The second-order valence-corrected chi connectivity index (χ2v) is 11.8. The summed E-state index contributed by atoms with van der Waals surface area (Å²) in [5.41, 5.74) is 0.531. The number of aliphatic hydroxyl groups excluding tert-OH is 1. The molecule has 10 heteroatoms. The van der Waals surface area contributed by atoms with Crippen molar-refractivity contribution in [1.29, 1.82) is 0 Å². The van der Waals surface area contributed by atoms with Gasteiger partial charge < -0.3 is 30.1 Å². The van der Waals surface area contributed by atoms with Gasteiger partial charge in [0.15, 0.2) is 0 Å². The molecule has 3 fully saturated rings. The third-order valence-corrected chi connectivity index (χ3v) is 9.21. The number of halogens is 1. The van der Waals surface area contributed by atoms with E-state index in [1.807, 2.05) is 48.5 Å². The minimum Gasteiger partial charge on any atom is -0.497 e. The van der Waals surface area contributed by atoms with E-state index in [-0.39, 0.29) is 10.7 Å². The lowest BCUT2D eigenvalue weighted by Gasteiger charge is -2.37. The molecule has 41 heavy (non-hydrogen) atoms. The molecule has 2 bridgehead atoms. The van der Waals surface area contributed by atoms with Crippen molar-refractivity contribution in [1.82, 2.24) is 4.90 Å². The highest BCUT2D eigenvalue weighted by molar-refractivity contribution is 9.09. The van der Waals surface area contributed by atoms with Gasteiger partial charge in [-0.3, -0.25) is 14.4 Å². The number of nitrogens with zero attached hydrogens (tertiary/aromatic N) is 1. The number of rotatable bonds is 8. The predicted octanol–water partition coefficient (Wildman–Crippen LogP) is 3.75. The van der Waals surface area contributed by atoms with E-state index in [4.69, 9.17) is 9.47 Å². The molecule has 1 spiro atoms. The van der Waals surface area contributed by atoms with Gasteiger partial charge in [0.25, 0.3) is 0 Å². The van der Waals surface area contributed by atoms with E-state index in [9.17, 15) is 19.5 Å². The van der Waals surface area contributed by atoms with Crippen LogP contribution in [0.2, 0.25) is 0 Å². The summed E-state index contributed by atoms with van der Waals surface area (Å²) in [5, 5.41) is 16.5. The average Bonchev–Trinajstić information content (AvgIpc) is 3.58. The molecule has 3 amide bonds. The van der Waals surface area contributed by atoms with Gasteiger partial charge >= 0.3 is 0 Å². The molecule has 0 saturated carbocycles. The number of alkyl halides is 1. The van der Waals surface area contributed by atoms with Crippen LogP contribution in [0.3, 0.4) is 0 Å². The standard InChI is InChI=1S/C31H30BrN3O6/c1-40-21-14-12-20(13-15-21)34-29(38)27-31-16-22(32)26(41-31)24(28(37)33-19-10-6-3-7-11-19)25(31)30(39)35(27)23(17-36)18-8-4-2-5-9-18/h2-15,22-27,36H,16-17H2,1H3,(H,33,37)(H,34,38)/t22?,23-,24+,25+,26+,27?,31?/m1/s1. The van der Waals surface area contributed by atoms with E-state index >= 15 is 0 Å². The molecular weight excluding hydrogens is 590 g/mol. The van der Waals surface area contributed by atoms with Crippen molar-refractivity contribution in [2.45, 2.75) is 35.0 Å². The van der Waals surface area contributed by atoms with Crippen LogP contribution in [0.4, 0.5) is 11.4 Å². The van der Waals surface area contributed by atoms with Crippen LogP contribution in [0.25, 0.3) is 0 Å². The Morgan fingerprint density at radius 2 is 1.61 bits per heavy atom. The molecule has 3 aliphatic rings. The Bertz CT molecular complexity index is 1440. The monoisotopic (exact) mass is 619 g/mol. The van der Waals surface area contributed by atoms with E-state index in [0.29, 0.717) is 29.1 Å². The van der Waals surface area contributed by atoms with Crippen molar-refractivity contribution in [2.75, 3.05) is 24.4 Å². The first kappa shape index (κ1) is 27.4. The molecule has 3 saturated heterocycles. The third kappa shape index (κ3) is 4.60. The number of fused-ring (bicyclic) bond motifs is 1. The Kier molecular flexibility index (Phi) is 7.31. The summed E-state index contributed by atoms with van der Waals surface area (Å²) in [6, 6.07) is 23.1. The van der Waals surface area contributed by atoms with Crippen molar-refractivity contribution in [3.8, 4) is 5.75 Å². The topological polar surface area (TPSA) is 117 Å². The summed E-state index contributed by atoms with van der Waals surface area (Å²) < 4.78 is 11.8. The molecule has 3 unspecified atom stereocenters. The number of hydrogen-bond donors (Lipinski definition) is 3. The van der Waals surface area contributed by atoms with Crippen molar-refractivity contribution < 1.29 is 29.0 Å². The van der Waals surface area contributed by atoms with E-state index in [0.717, 1.165) is 0 Å². The van der Waals surface area contributed by atoms with E-state index in [2.05, 4.69) is 26.6 Å². The van der Waals surface area contributed by atoms with Crippen LogP contribution in [0.15, 0.2) is 84.9 Å². The van der Waals surface area contributed by atoms with Gasteiger partial charge in [-0.1, -0.05) is 64.5 Å². The Balaban J connectivity index is 1.41. The molecule has 3 aromatic carbocycles. The Hall–Kier alpha value is -3.73. The molecule has 9 nitrogen and oxygen atoms in total. The normalized spacial score (nSPS) is 28.7. The summed E-state index contributed by atoms with van der Waals surface area (Å²) in [6.07, 6.45) is -0.247. The van der Waals surface area contributed by atoms with Crippen LogP contribution >= 0.6 is 15.9 Å². The zero-order valence-corrected chi connectivity index (χ0v) is 23.9. The zero-order chi connectivity index (χ0) is 28.7. The molecule has 3 N–H and O–H groups in total. The minimum absolute atomic E-state index is 0.251. The lowest BCUT2D eigenvalue weighted by Crippen LogP contribution is -2.55. The third-order valence-electron chi connectivity index (χ3n) is 8.37. The SMILES string of the molecule is COc1ccc(NC(=O)C2N([C@H](CO)c3ccccc3)C(=O)[C@@H]3[C@H](C(=O)Nc4ccccc4)[C@H]4OC23CC4Br)cc1. The second kappa shape index (κ2) is 10.9. The molecule has 0 aromatic heterocycles. The highest BCUT2D eigenvalue weighted by atomic mass is 79.9. The molecule has 3 aromatic rings. The zero-order valence-electron chi connectivity index (χ0n) is 22.3. The van der Waals surface area contributed by atoms with Gasteiger partial charge in [-0.2, -0.15) is 0 Å². The molecule has 212 valence electrons. The number of aliphatic hydroxyl groups is 1. The maximum atomic E-state index is 14.4. The number of hydrogen-bond acceptors (Lipinski definition) is 6. The molecule has 6 rings (SSSR count). The highest BCUT2D eigenvalue weighted by Crippen LogP contribution is 2.61. The summed E-state index contributed by atoms with van der Waals surface area (Å²) in [7, 11) is 1.56. The quantitative estimate of drug-likeness (QED) is 0.331. The Morgan fingerprint density at radius 3 is 2.24 bits per heavy atom. The maximum absolute atomic E-state index is 14.4. The van der Waals surface area contributed by atoms with Gasteiger partial charge in [-0.25, -0.2) is 0 Å². The van der Waals surface area contributed by atoms with Gasteiger partial charge in [0.1, 0.15) is 17.4 Å². The maximum Gasteiger partial charge on any atom is 0.250 e. The van der Waals surface area contributed by atoms with E-state index < -0.39 is 54.0 Å². The van der Waals surface area contributed by atoms with Crippen LogP contribution in [-0.4, -0.2) is 64.0 Å². The fourth-order valence-corrected chi connectivity index (χ4v) is 7.61.